The smallest absolute Gasteiger partial charge is 0.278 e. The summed E-state index contributed by atoms with van der Waals surface area (Å²) in [5.41, 5.74) is -0.610. The first kappa shape index (κ1) is 13.5. The first-order chi connectivity index (χ1) is 8.91. The van der Waals surface area contributed by atoms with Crippen LogP contribution in [0.25, 0.3) is 0 Å². The number of halogens is 1. The Morgan fingerprint density at radius 2 is 2.21 bits per heavy atom. The van der Waals surface area contributed by atoms with Crippen LogP contribution in [0.5, 0.6) is 0 Å². The highest BCUT2D eigenvalue weighted by Crippen LogP contribution is 2.30. The van der Waals surface area contributed by atoms with Gasteiger partial charge in [0.05, 0.1) is 4.92 Å². The van der Waals surface area contributed by atoms with Gasteiger partial charge in [-0.05, 0) is 18.1 Å². The number of imide groups is 1. The van der Waals surface area contributed by atoms with E-state index in [9.17, 15) is 19.7 Å². The molecule has 1 fully saturated rings. The van der Waals surface area contributed by atoms with Gasteiger partial charge >= 0.3 is 5.69 Å². The Balaban J connectivity index is 2.42. The van der Waals surface area contributed by atoms with Crippen LogP contribution in [0.1, 0.15) is 23.7 Å². The van der Waals surface area contributed by atoms with E-state index < -0.39 is 16.5 Å². The average molecular weight is 283 g/mol. The zero-order valence-electron chi connectivity index (χ0n) is 10.1. The maximum Gasteiger partial charge on any atom is 0.300 e. The van der Waals surface area contributed by atoms with Crippen molar-refractivity contribution < 1.29 is 14.5 Å². The van der Waals surface area contributed by atoms with Crippen molar-refractivity contribution >= 4 is 29.1 Å². The Morgan fingerprint density at radius 3 is 2.74 bits per heavy atom. The number of nitrogens with zero attached hydrogens (tertiary/aromatic N) is 2. The molecule has 1 aliphatic rings. The lowest BCUT2D eigenvalue weighted by Gasteiger charge is -2.14. The highest BCUT2D eigenvalue weighted by atomic mass is 35.5. The predicted octanol–water partition coefficient (Wildman–Crippen LogP) is 2.26. The normalized spacial score (nSPS) is 18.7. The van der Waals surface area contributed by atoms with Crippen LogP contribution in [0.15, 0.2) is 18.2 Å². The van der Waals surface area contributed by atoms with Gasteiger partial charge in [-0.25, -0.2) is 0 Å². The molecule has 6 nitrogen and oxygen atoms in total. The molecule has 0 N–H and O–H groups in total. The number of nitro benzene ring substituents is 1. The van der Waals surface area contributed by atoms with Crippen molar-refractivity contribution in [3.05, 3.63) is 38.9 Å². The van der Waals surface area contributed by atoms with Crippen molar-refractivity contribution in [1.82, 2.24) is 4.90 Å². The molecule has 0 bridgehead atoms. The molecule has 0 radical (unpaired) electrons. The first-order valence-electron chi connectivity index (χ1n) is 5.69. The Kier molecular flexibility index (Phi) is 3.53. The fourth-order valence-electron chi connectivity index (χ4n) is 2.10. The van der Waals surface area contributed by atoms with E-state index in [0.717, 1.165) is 4.90 Å². The zero-order valence-corrected chi connectivity index (χ0v) is 10.9. The van der Waals surface area contributed by atoms with Crippen LogP contribution in [0.2, 0.25) is 5.02 Å². The second-order valence-electron chi connectivity index (χ2n) is 4.51. The van der Waals surface area contributed by atoms with Gasteiger partial charge in [0.2, 0.25) is 5.91 Å². The van der Waals surface area contributed by atoms with Gasteiger partial charge in [0.15, 0.2) is 0 Å². The molecule has 19 heavy (non-hydrogen) atoms. The second kappa shape index (κ2) is 4.97. The van der Waals surface area contributed by atoms with Gasteiger partial charge in [0.1, 0.15) is 10.6 Å². The van der Waals surface area contributed by atoms with E-state index in [1.54, 1.807) is 0 Å². The minimum atomic E-state index is -0.709. The van der Waals surface area contributed by atoms with Gasteiger partial charge in [0, 0.05) is 13.0 Å². The van der Waals surface area contributed by atoms with E-state index >= 15 is 0 Å². The quantitative estimate of drug-likeness (QED) is 0.473. The minimum absolute atomic E-state index is 0.0645. The number of hydrogen-bond acceptors (Lipinski definition) is 4. The van der Waals surface area contributed by atoms with Gasteiger partial charge in [0.25, 0.3) is 5.91 Å². The Bertz CT molecular complexity index is 573. The molecule has 1 aromatic rings. The molecule has 2 rings (SSSR count). The number of carbonyl (C=O) groups is 2. The van der Waals surface area contributed by atoms with Crippen molar-refractivity contribution in [2.24, 2.45) is 5.92 Å². The lowest BCUT2D eigenvalue weighted by atomic mass is 10.1. The molecule has 1 atom stereocenters. The number of likely N-dealkylation sites (tertiary alicyclic amines) is 1. The summed E-state index contributed by atoms with van der Waals surface area (Å²) < 4.78 is 0. The maximum atomic E-state index is 12.2. The van der Waals surface area contributed by atoms with Crippen molar-refractivity contribution in [1.29, 1.82) is 0 Å². The number of benzene rings is 1. The number of carbonyl (C=O) groups excluding carboxylic acids is 2. The minimum Gasteiger partial charge on any atom is -0.278 e. The molecule has 1 aromatic carbocycles. The third kappa shape index (κ3) is 2.44. The molecular formula is C12H11ClN2O4. The lowest BCUT2D eigenvalue weighted by Crippen LogP contribution is -2.32. The molecular weight excluding hydrogens is 272 g/mol. The van der Waals surface area contributed by atoms with Crippen LogP contribution >= 0.6 is 11.6 Å². The van der Waals surface area contributed by atoms with E-state index in [2.05, 4.69) is 0 Å². The Hall–Kier alpha value is -1.95. The van der Waals surface area contributed by atoms with E-state index in [-0.39, 0.29) is 35.4 Å². The Morgan fingerprint density at radius 1 is 1.53 bits per heavy atom. The number of hydrogen-bond donors (Lipinski definition) is 0. The summed E-state index contributed by atoms with van der Waals surface area (Å²) >= 11 is 5.74. The van der Waals surface area contributed by atoms with Gasteiger partial charge in [-0.15, -0.1) is 0 Å². The molecule has 7 heteroatoms. The number of para-hydroxylation sites is 1. The van der Waals surface area contributed by atoms with Gasteiger partial charge in [-0.2, -0.15) is 0 Å². The molecule has 0 spiro atoms. The van der Waals surface area contributed by atoms with Gasteiger partial charge < -0.3 is 0 Å². The second-order valence-corrected chi connectivity index (χ2v) is 4.92. The summed E-state index contributed by atoms with van der Waals surface area (Å²) in [7, 11) is 0. The Labute approximate surface area is 114 Å². The summed E-state index contributed by atoms with van der Waals surface area (Å²) in [4.78, 5) is 35.2. The van der Waals surface area contributed by atoms with E-state index in [4.69, 9.17) is 11.6 Å². The fourth-order valence-corrected chi connectivity index (χ4v) is 2.34. The van der Waals surface area contributed by atoms with Crippen LogP contribution < -0.4 is 0 Å². The molecule has 100 valence electrons. The van der Waals surface area contributed by atoms with Crippen LogP contribution in [-0.4, -0.2) is 28.2 Å². The standard InChI is InChI=1S/C12H11ClN2O4/c1-7-5-10(16)14(6-7)12(17)8-3-2-4-9(13)11(8)15(18)19/h2-4,7H,5-6H2,1H3. The molecule has 1 heterocycles. The van der Waals surface area contributed by atoms with Crippen molar-refractivity contribution in [3.8, 4) is 0 Å². The molecule has 1 saturated heterocycles. The molecule has 0 aromatic heterocycles. The van der Waals surface area contributed by atoms with Crippen molar-refractivity contribution in [2.45, 2.75) is 13.3 Å². The van der Waals surface area contributed by atoms with Gasteiger partial charge in [-0.3, -0.25) is 24.6 Å². The van der Waals surface area contributed by atoms with Crippen LogP contribution in [0.4, 0.5) is 5.69 Å². The highest BCUT2D eigenvalue weighted by Gasteiger charge is 2.35. The van der Waals surface area contributed by atoms with E-state index in [0.29, 0.717) is 0 Å². The molecule has 1 unspecified atom stereocenters. The fraction of sp³-hybridized carbons (Fsp3) is 0.333. The zero-order chi connectivity index (χ0) is 14.2. The van der Waals surface area contributed by atoms with Gasteiger partial charge in [-0.1, -0.05) is 24.6 Å². The summed E-state index contributed by atoms with van der Waals surface area (Å²) in [6, 6.07) is 4.10. The van der Waals surface area contributed by atoms with Crippen LogP contribution in [0, 0.1) is 16.0 Å². The first-order valence-corrected chi connectivity index (χ1v) is 6.07. The van der Waals surface area contributed by atoms with Crippen LogP contribution in [-0.2, 0) is 4.79 Å². The number of nitro groups is 1. The highest BCUT2D eigenvalue weighted by molar-refractivity contribution is 6.33. The van der Waals surface area contributed by atoms with E-state index in [1.807, 2.05) is 6.92 Å². The van der Waals surface area contributed by atoms with Crippen molar-refractivity contribution in [2.75, 3.05) is 6.54 Å². The molecule has 2 amide bonds. The maximum absolute atomic E-state index is 12.2. The average Bonchev–Trinajstić information content (AvgIpc) is 2.66. The molecule has 0 aliphatic carbocycles. The van der Waals surface area contributed by atoms with E-state index in [1.165, 1.54) is 18.2 Å². The molecule has 0 saturated carbocycles. The third-order valence-corrected chi connectivity index (χ3v) is 3.27. The predicted molar refractivity (Wildman–Crippen MR) is 67.9 cm³/mol. The number of amides is 2. The lowest BCUT2D eigenvalue weighted by molar-refractivity contribution is -0.385. The van der Waals surface area contributed by atoms with Crippen molar-refractivity contribution in [3.63, 3.8) is 0 Å². The number of rotatable bonds is 2. The summed E-state index contributed by atoms with van der Waals surface area (Å²) in [5.74, 6) is -0.912. The third-order valence-electron chi connectivity index (χ3n) is 2.96. The monoisotopic (exact) mass is 282 g/mol. The summed E-state index contributed by atoms with van der Waals surface area (Å²) in [5, 5.41) is 10.9. The SMILES string of the molecule is CC1CC(=O)N(C(=O)c2cccc(Cl)c2[N+](=O)[O-])C1. The topological polar surface area (TPSA) is 80.5 Å². The summed E-state index contributed by atoms with van der Waals surface area (Å²) in [6.07, 6.45) is 0.278. The summed E-state index contributed by atoms with van der Waals surface area (Å²) in [6.45, 7) is 2.12. The largest absolute Gasteiger partial charge is 0.300 e. The van der Waals surface area contributed by atoms with Crippen LogP contribution in [0.3, 0.4) is 0 Å². The molecule has 1 aliphatic heterocycles.